The lowest BCUT2D eigenvalue weighted by Crippen LogP contribution is -2.20. The molecular formula is C15H23NO. The summed E-state index contributed by atoms with van der Waals surface area (Å²) in [7, 11) is 0. The minimum Gasteiger partial charge on any atom is -0.490 e. The molecule has 1 unspecified atom stereocenters. The summed E-state index contributed by atoms with van der Waals surface area (Å²) in [6.45, 7) is 6.65. The maximum Gasteiger partial charge on any atom is 0.123 e. The van der Waals surface area contributed by atoms with Crippen molar-refractivity contribution in [1.82, 2.24) is 5.32 Å². The van der Waals surface area contributed by atoms with Gasteiger partial charge < -0.3 is 10.1 Å². The summed E-state index contributed by atoms with van der Waals surface area (Å²) >= 11 is 0. The first-order valence-corrected chi connectivity index (χ1v) is 6.73. The number of rotatable bonds is 3. The molecule has 1 atom stereocenters. The highest BCUT2D eigenvalue weighted by Gasteiger charge is 2.15. The standard InChI is InChI=1S/C15H23NO/c1-12(2)14-7-3-4-8-15(14)17-13-6-5-10-16-11-9-13/h3-4,7-8,12-13,16H,5-6,9-11H2,1-2H3. The average Bonchev–Trinajstić information content (AvgIpc) is 2.58. The smallest absolute Gasteiger partial charge is 0.123 e. The molecule has 0 radical (unpaired) electrons. The fourth-order valence-electron chi connectivity index (χ4n) is 2.35. The van der Waals surface area contributed by atoms with Crippen LogP contribution in [-0.4, -0.2) is 19.2 Å². The molecule has 94 valence electrons. The number of hydrogen-bond donors (Lipinski definition) is 1. The average molecular weight is 233 g/mol. The first kappa shape index (κ1) is 12.4. The van der Waals surface area contributed by atoms with Crippen molar-refractivity contribution in [1.29, 1.82) is 0 Å². The lowest BCUT2D eigenvalue weighted by molar-refractivity contribution is 0.185. The molecule has 1 aromatic carbocycles. The van der Waals surface area contributed by atoms with Crippen molar-refractivity contribution in [2.45, 2.75) is 45.1 Å². The van der Waals surface area contributed by atoms with Crippen molar-refractivity contribution in [3.63, 3.8) is 0 Å². The van der Waals surface area contributed by atoms with E-state index in [-0.39, 0.29) is 0 Å². The third-order valence-electron chi connectivity index (χ3n) is 3.36. The maximum atomic E-state index is 6.19. The highest BCUT2D eigenvalue weighted by Crippen LogP contribution is 2.28. The molecular weight excluding hydrogens is 210 g/mol. The SMILES string of the molecule is CC(C)c1ccccc1OC1CCCNCC1. The van der Waals surface area contributed by atoms with Crippen LogP contribution in [0.15, 0.2) is 24.3 Å². The molecule has 1 saturated heterocycles. The minimum atomic E-state index is 0.380. The van der Waals surface area contributed by atoms with Gasteiger partial charge in [-0.2, -0.15) is 0 Å². The van der Waals surface area contributed by atoms with E-state index in [1.807, 2.05) is 0 Å². The normalized spacial score (nSPS) is 21.2. The van der Waals surface area contributed by atoms with Gasteiger partial charge in [-0.15, -0.1) is 0 Å². The Morgan fingerprint density at radius 3 is 2.82 bits per heavy atom. The summed E-state index contributed by atoms with van der Waals surface area (Å²) in [6, 6.07) is 8.44. The van der Waals surface area contributed by atoms with Crippen molar-refractivity contribution in [3.05, 3.63) is 29.8 Å². The summed E-state index contributed by atoms with van der Waals surface area (Å²) in [6.07, 6.45) is 3.88. The third-order valence-corrected chi connectivity index (χ3v) is 3.36. The molecule has 2 nitrogen and oxygen atoms in total. The Morgan fingerprint density at radius 2 is 2.00 bits per heavy atom. The van der Waals surface area contributed by atoms with Gasteiger partial charge in [0.05, 0.1) is 6.10 Å². The molecule has 2 heteroatoms. The van der Waals surface area contributed by atoms with Crippen LogP contribution in [0.25, 0.3) is 0 Å². The summed E-state index contributed by atoms with van der Waals surface area (Å²) in [5.41, 5.74) is 1.32. The third kappa shape index (κ3) is 3.47. The van der Waals surface area contributed by atoms with E-state index < -0.39 is 0 Å². The molecule has 1 heterocycles. The number of para-hydroxylation sites is 1. The lowest BCUT2D eigenvalue weighted by Gasteiger charge is -2.20. The van der Waals surface area contributed by atoms with Crippen LogP contribution in [0.3, 0.4) is 0 Å². The molecule has 17 heavy (non-hydrogen) atoms. The Hall–Kier alpha value is -1.02. The maximum absolute atomic E-state index is 6.19. The predicted octanol–water partition coefficient (Wildman–Crippen LogP) is 3.33. The van der Waals surface area contributed by atoms with Gasteiger partial charge in [-0.3, -0.25) is 0 Å². The Bertz CT molecular complexity index is 341. The Morgan fingerprint density at radius 1 is 1.18 bits per heavy atom. The van der Waals surface area contributed by atoms with Crippen molar-refractivity contribution >= 4 is 0 Å². The molecule has 1 N–H and O–H groups in total. The molecule has 0 aliphatic carbocycles. The molecule has 0 aromatic heterocycles. The fourth-order valence-corrected chi connectivity index (χ4v) is 2.35. The van der Waals surface area contributed by atoms with Crippen LogP contribution in [-0.2, 0) is 0 Å². The van der Waals surface area contributed by atoms with Gasteiger partial charge in [-0.25, -0.2) is 0 Å². The zero-order valence-corrected chi connectivity index (χ0v) is 10.9. The number of benzene rings is 1. The van der Waals surface area contributed by atoms with Crippen LogP contribution >= 0.6 is 0 Å². The van der Waals surface area contributed by atoms with Crippen LogP contribution in [0.1, 0.15) is 44.6 Å². The van der Waals surface area contributed by atoms with Gasteiger partial charge >= 0.3 is 0 Å². The second-order valence-electron chi connectivity index (χ2n) is 5.11. The monoisotopic (exact) mass is 233 g/mol. The summed E-state index contributed by atoms with van der Waals surface area (Å²) < 4.78 is 6.19. The molecule has 1 aliphatic heterocycles. The highest BCUT2D eigenvalue weighted by molar-refractivity contribution is 5.35. The number of ether oxygens (including phenoxy) is 1. The first-order valence-electron chi connectivity index (χ1n) is 6.73. The predicted molar refractivity (Wildman–Crippen MR) is 71.7 cm³/mol. The van der Waals surface area contributed by atoms with Crippen molar-refractivity contribution in [3.8, 4) is 5.75 Å². The van der Waals surface area contributed by atoms with Crippen LogP contribution in [0.5, 0.6) is 5.75 Å². The van der Waals surface area contributed by atoms with Crippen LogP contribution in [0.4, 0.5) is 0 Å². The molecule has 0 spiro atoms. The zero-order valence-electron chi connectivity index (χ0n) is 10.9. The van der Waals surface area contributed by atoms with E-state index in [2.05, 4.69) is 43.4 Å². The number of hydrogen-bond acceptors (Lipinski definition) is 2. The van der Waals surface area contributed by atoms with E-state index in [0.29, 0.717) is 12.0 Å². The van der Waals surface area contributed by atoms with E-state index in [0.717, 1.165) is 25.3 Å². The van der Waals surface area contributed by atoms with Crippen molar-refractivity contribution in [2.75, 3.05) is 13.1 Å². The Balaban J connectivity index is 2.06. The van der Waals surface area contributed by atoms with Gasteiger partial charge in [0, 0.05) is 0 Å². The quantitative estimate of drug-likeness (QED) is 0.864. The van der Waals surface area contributed by atoms with Crippen LogP contribution in [0, 0.1) is 0 Å². The fraction of sp³-hybridized carbons (Fsp3) is 0.600. The summed E-state index contributed by atoms with van der Waals surface area (Å²) in [5, 5.41) is 3.42. The van der Waals surface area contributed by atoms with Gasteiger partial charge in [0.15, 0.2) is 0 Å². The molecule has 1 aromatic rings. The molecule has 1 fully saturated rings. The molecule has 2 rings (SSSR count). The zero-order chi connectivity index (χ0) is 12.1. The van der Waals surface area contributed by atoms with Crippen LogP contribution in [0.2, 0.25) is 0 Å². The van der Waals surface area contributed by atoms with E-state index in [1.54, 1.807) is 0 Å². The Kier molecular flexibility index (Phi) is 4.43. The van der Waals surface area contributed by atoms with Crippen molar-refractivity contribution in [2.24, 2.45) is 0 Å². The van der Waals surface area contributed by atoms with Gasteiger partial charge in [-0.1, -0.05) is 32.0 Å². The van der Waals surface area contributed by atoms with Gasteiger partial charge in [-0.05, 0) is 49.9 Å². The van der Waals surface area contributed by atoms with E-state index in [1.165, 1.54) is 18.4 Å². The summed E-state index contributed by atoms with van der Waals surface area (Å²) in [5.74, 6) is 1.60. The highest BCUT2D eigenvalue weighted by atomic mass is 16.5. The van der Waals surface area contributed by atoms with Gasteiger partial charge in [0.1, 0.15) is 5.75 Å². The minimum absolute atomic E-state index is 0.380. The van der Waals surface area contributed by atoms with E-state index in [4.69, 9.17) is 4.74 Å². The molecule has 0 amide bonds. The topological polar surface area (TPSA) is 21.3 Å². The molecule has 0 saturated carbocycles. The number of nitrogens with one attached hydrogen (secondary N) is 1. The second kappa shape index (κ2) is 6.06. The van der Waals surface area contributed by atoms with E-state index >= 15 is 0 Å². The van der Waals surface area contributed by atoms with Gasteiger partial charge in [0.2, 0.25) is 0 Å². The largest absolute Gasteiger partial charge is 0.490 e. The second-order valence-corrected chi connectivity index (χ2v) is 5.11. The summed E-state index contributed by atoms with van der Waals surface area (Å²) in [4.78, 5) is 0. The van der Waals surface area contributed by atoms with Crippen LogP contribution < -0.4 is 10.1 Å². The van der Waals surface area contributed by atoms with Crippen molar-refractivity contribution < 1.29 is 4.74 Å². The molecule has 0 bridgehead atoms. The van der Waals surface area contributed by atoms with E-state index in [9.17, 15) is 0 Å². The Labute approximate surface area is 104 Å². The lowest BCUT2D eigenvalue weighted by atomic mass is 10.0. The van der Waals surface area contributed by atoms with Gasteiger partial charge in [0.25, 0.3) is 0 Å². The first-order chi connectivity index (χ1) is 8.27. The molecule has 1 aliphatic rings.